The summed E-state index contributed by atoms with van der Waals surface area (Å²) in [6.07, 6.45) is 1.38. The second-order valence-electron chi connectivity index (χ2n) is 5.66. The van der Waals surface area contributed by atoms with Gasteiger partial charge in [0.15, 0.2) is 0 Å². The lowest BCUT2D eigenvalue weighted by atomic mass is 9.96. The van der Waals surface area contributed by atoms with Crippen molar-refractivity contribution in [3.05, 3.63) is 0 Å². The van der Waals surface area contributed by atoms with Crippen LogP contribution in [0.3, 0.4) is 0 Å². The highest BCUT2D eigenvalue weighted by Gasteiger charge is 2.59. The summed E-state index contributed by atoms with van der Waals surface area (Å²) in [6, 6.07) is 1.02. The topological polar surface area (TPSA) is 61.8 Å². The average molecular weight is 286 g/mol. The fraction of sp³-hybridized carbons (Fsp3) is 0.846. The number of carbonyl (C=O) groups excluding carboxylic acids is 2. The lowest BCUT2D eigenvalue weighted by Crippen LogP contribution is -2.45. The molecule has 1 saturated heterocycles. The zero-order chi connectivity index (χ0) is 14.7. The third kappa shape index (κ3) is 3.64. The SMILES string of the molecule is COC1(OC)C(=O)OC(=O)C1CCC[Si]C(C)(C)C. The van der Waals surface area contributed by atoms with E-state index in [-0.39, 0.29) is 0 Å². The van der Waals surface area contributed by atoms with E-state index in [1.807, 2.05) is 0 Å². The number of ether oxygens (including phenoxy) is 3. The Morgan fingerprint density at radius 1 is 1.26 bits per heavy atom. The summed E-state index contributed by atoms with van der Waals surface area (Å²) in [5.74, 6) is -3.51. The summed E-state index contributed by atoms with van der Waals surface area (Å²) in [6.45, 7) is 6.56. The Morgan fingerprint density at radius 2 is 1.84 bits per heavy atom. The van der Waals surface area contributed by atoms with Gasteiger partial charge in [0.25, 0.3) is 5.79 Å². The van der Waals surface area contributed by atoms with Gasteiger partial charge in [0.05, 0.1) is 0 Å². The molecule has 0 bridgehead atoms. The molecule has 0 aromatic rings. The molecule has 1 unspecified atom stereocenters. The summed E-state index contributed by atoms with van der Waals surface area (Å²) in [5.41, 5.74) is 0. The van der Waals surface area contributed by atoms with Gasteiger partial charge in [0.2, 0.25) is 0 Å². The maximum absolute atomic E-state index is 11.7. The summed E-state index contributed by atoms with van der Waals surface area (Å²) < 4.78 is 14.9. The zero-order valence-electron chi connectivity index (χ0n) is 12.2. The molecule has 5 nitrogen and oxygen atoms in total. The summed E-state index contributed by atoms with van der Waals surface area (Å²) in [5, 5.41) is 0.297. The molecule has 0 aromatic carbocycles. The van der Waals surface area contributed by atoms with Gasteiger partial charge < -0.3 is 14.2 Å². The molecule has 19 heavy (non-hydrogen) atoms. The molecule has 0 spiro atoms. The molecule has 0 N–H and O–H groups in total. The lowest BCUT2D eigenvalue weighted by molar-refractivity contribution is -0.224. The minimum Gasteiger partial charge on any atom is -0.389 e. The van der Waals surface area contributed by atoms with Crippen molar-refractivity contribution in [3.8, 4) is 0 Å². The van der Waals surface area contributed by atoms with Gasteiger partial charge in [-0.05, 0) is 11.5 Å². The van der Waals surface area contributed by atoms with Crippen LogP contribution in [0.1, 0.15) is 33.6 Å². The first-order valence-corrected chi connectivity index (χ1v) is 7.59. The molecule has 0 aliphatic carbocycles. The third-order valence-electron chi connectivity index (χ3n) is 3.15. The van der Waals surface area contributed by atoms with Gasteiger partial charge in [-0.25, -0.2) is 4.79 Å². The molecule has 0 amide bonds. The van der Waals surface area contributed by atoms with Crippen LogP contribution in [0, 0.1) is 5.92 Å². The molecule has 108 valence electrons. The van der Waals surface area contributed by atoms with E-state index in [2.05, 4.69) is 25.5 Å². The van der Waals surface area contributed by atoms with E-state index >= 15 is 0 Å². The quantitative estimate of drug-likeness (QED) is 0.245. The summed E-state index contributed by atoms with van der Waals surface area (Å²) >= 11 is 0. The second kappa shape index (κ2) is 6.15. The minimum atomic E-state index is -1.55. The highest BCUT2D eigenvalue weighted by Crippen LogP contribution is 2.36. The molecule has 2 radical (unpaired) electrons. The van der Waals surface area contributed by atoms with Gasteiger partial charge in [0.1, 0.15) is 5.92 Å². The number of hydrogen-bond donors (Lipinski definition) is 0. The number of rotatable bonds is 6. The Balaban J connectivity index is 2.60. The smallest absolute Gasteiger partial charge is 0.375 e. The molecule has 1 rings (SSSR count). The first kappa shape index (κ1) is 16.3. The van der Waals surface area contributed by atoms with Crippen LogP contribution in [0.5, 0.6) is 0 Å². The predicted octanol–water partition coefficient (Wildman–Crippen LogP) is 1.80. The number of esters is 2. The van der Waals surface area contributed by atoms with Crippen molar-refractivity contribution in [1.29, 1.82) is 0 Å². The van der Waals surface area contributed by atoms with Gasteiger partial charge >= 0.3 is 11.9 Å². The zero-order valence-corrected chi connectivity index (χ0v) is 13.2. The third-order valence-corrected chi connectivity index (χ3v) is 4.82. The van der Waals surface area contributed by atoms with Crippen molar-refractivity contribution < 1.29 is 23.8 Å². The Kier molecular flexibility index (Phi) is 5.29. The predicted molar refractivity (Wildman–Crippen MR) is 70.8 cm³/mol. The molecule has 0 saturated carbocycles. The van der Waals surface area contributed by atoms with E-state index in [1.54, 1.807) is 0 Å². The molecule has 1 aliphatic heterocycles. The Labute approximate surface area is 116 Å². The van der Waals surface area contributed by atoms with Crippen molar-refractivity contribution in [2.45, 2.75) is 50.5 Å². The van der Waals surface area contributed by atoms with E-state index < -0.39 is 23.6 Å². The van der Waals surface area contributed by atoms with E-state index in [9.17, 15) is 9.59 Å². The van der Waals surface area contributed by atoms with Crippen LogP contribution in [0.4, 0.5) is 0 Å². The van der Waals surface area contributed by atoms with Crippen LogP contribution in [-0.4, -0.2) is 41.5 Å². The Morgan fingerprint density at radius 3 is 2.32 bits per heavy atom. The Hall–Kier alpha value is -0.723. The van der Waals surface area contributed by atoms with E-state index in [4.69, 9.17) is 9.47 Å². The highest BCUT2D eigenvalue weighted by molar-refractivity contribution is 6.39. The monoisotopic (exact) mass is 286 g/mol. The number of methoxy groups -OCH3 is 2. The van der Waals surface area contributed by atoms with Crippen LogP contribution in [0.15, 0.2) is 0 Å². The fourth-order valence-electron chi connectivity index (χ4n) is 2.14. The van der Waals surface area contributed by atoms with Crippen LogP contribution >= 0.6 is 0 Å². The fourth-order valence-corrected chi connectivity index (χ4v) is 3.27. The van der Waals surface area contributed by atoms with Crippen LogP contribution in [-0.2, 0) is 23.8 Å². The average Bonchev–Trinajstić information content (AvgIpc) is 2.55. The molecule has 1 heterocycles. The normalized spacial score (nSPS) is 22.7. The molecule has 1 fully saturated rings. The molecular weight excluding hydrogens is 264 g/mol. The molecule has 6 heteroatoms. The maximum Gasteiger partial charge on any atom is 0.375 e. The van der Waals surface area contributed by atoms with E-state index in [0.717, 1.165) is 22.0 Å². The minimum absolute atomic E-state index is 0.297. The number of cyclic esters (lactones) is 2. The Bertz CT molecular complexity index is 343. The van der Waals surface area contributed by atoms with Crippen molar-refractivity contribution in [3.63, 3.8) is 0 Å². The first-order valence-electron chi connectivity index (χ1n) is 6.38. The van der Waals surface area contributed by atoms with E-state index in [0.29, 0.717) is 11.5 Å². The molecular formula is C13H22O5Si. The number of hydrogen-bond acceptors (Lipinski definition) is 5. The van der Waals surface area contributed by atoms with Crippen molar-refractivity contribution in [1.82, 2.24) is 0 Å². The molecule has 1 atom stereocenters. The lowest BCUT2D eigenvalue weighted by Gasteiger charge is -2.26. The largest absolute Gasteiger partial charge is 0.389 e. The van der Waals surface area contributed by atoms with Crippen molar-refractivity contribution in [2.24, 2.45) is 5.92 Å². The first-order chi connectivity index (χ1) is 8.77. The number of carbonyl (C=O) groups is 2. The molecule has 0 aromatic heterocycles. The van der Waals surface area contributed by atoms with Gasteiger partial charge in [-0.3, -0.25) is 4.79 Å². The van der Waals surface area contributed by atoms with Crippen molar-refractivity contribution >= 4 is 21.5 Å². The highest BCUT2D eigenvalue weighted by atomic mass is 28.2. The standard InChI is InChI=1S/C13H22O5Si/c1-12(2,3)19-8-6-7-9-10(14)18-11(15)13(9,16-4)17-5/h9H,6-8H2,1-5H3. The maximum atomic E-state index is 11.7. The summed E-state index contributed by atoms with van der Waals surface area (Å²) in [7, 11) is 3.52. The molecule has 1 aliphatic rings. The van der Waals surface area contributed by atoms with Crippen LogP contribution in [0.25, 0.3) is 0 Å². The van der Waals surface area contributed by atoms with Gasteiger partial charge in [-0.2, -0.15) is 0 Å². The second-order valence-corrected chi connectivity index (χ2v) is 8.01. The van der Waals surface area contributed by atoms with Crippen LogP contribution < -0.4 is 0 Å². The van der Waals surface area contributed by atoms with E-state index in [1.165, 1.54) is 14.2 Å². The van der Waals surface area contributed by atoms with Gasteiger partial charge in [0, 0.05) is 23.7 Å². The van der Waals surface area contributed by atoms with Gasteiger partial charge in [-0.15, -0.1) is 0 Å². The van der Waals surface area contributed by atoms with Gasteiger partial charge in [-0.1, -0.05) is 33.2 Å². The summed E-state index contributed by atoms with van der Waals surface area (Å²) in [4.78, 5) is 23.4. The van der Waals surface area contributed by atoms with Crippen LogP contribution in [0.2, 0.25) is 11.1 Å². The van der Waals surface area contributed by atoms with Crippen molar-refractivity contribution in [2.75, 3.05) is 14.2 Å².